The van der Waals surface area contributed by atoms with Crippen molar-refractivity contribution in [1.29, 1.82) is 0 Å². The number of hydrogen-bond donors (Lipinski definition) is 1. The highest BCUT2D eigenvalue weighted by atomic mass is 16.7. The van der Waals surface area contributed by atoms with Crippen LogP contribution in [0.1, 0.15) is 117 Å². The van der Waals surface area contributed by atoms with Gasteiger partial charge in [0.25, 0.3) is 0 Å². The van der Waals surface area contributed by atoms with Crippen LogP contribution in [0.15, 0.2) is 18.2 Å². The molecular weight excluding hydrogens is 783 g/mol. The summed E-state index contributed by atoms with van der Waals surface area (Å²) in [5, 5.41) is 2.90. The molecule has 16 heteroatoms. The molecule has 0 spiro atoms. The van der Waals surface area contributed by atoms with Gasteiger partial charge in [-0.25, -0.2) is 9.59 Å². The van der Waals surface area contributed by atoms with Gasteiger partial charge in [-0.1, -0.05) is 26.0 Å². The van der Waals surface area contributed by atoms with E-state index in [0.717, 1.165) is 17.7 Å². The first-order valence-electron chi connectivity index (χ1n) is 22.1. The van der Waals surface area contributed by atoms with Crippen molar-refractivity contribution in [3.63, 3.8) is 0 Å². The van der Waals surface area contributed by atoms with E-state index in [1.165, 1.54) is 12.0 Å². The lowest BCUT2D eigenvalue weighted by Crippen LogP contribution is -2.65. The van der Waals surface area contributed by atoms with E-state index in [-0.39, 0.29) is 73.1 Å². The number of benzene rings is 1. The molecule has 6 aliphatic rings. The zero-order valence-electron chi connectivity index (χ0n) is 38.1. The van der Waals surface area contributed by atoms with Crippen LogP contribution < -0.4 is 10.1 Å². The molecule has 3 saturated carbocycles. The normalized spacial score (nSPS) is 26.5. The third-order valence-electron chi connectivity index (χ3n) is 13.7. The Labute approximate surface area is 361 Å². The van der Waals surface area contributed by atoms with Crippen LogP contribution in [0, 0.1) is 23.2 Å². The maximum Gasteiger partial charge on any atom is 0.461 e. The third-order valence-corrected chi connectivity index (χ3v) is 13.7. The number of nitrogens with one attached hydrogen (secondary N) is 1. The van der Waals surface area contributed by atoms with E-state index in [0.29, 0.717) is 49.7 Å². The number of urea groups is 1. The number of likely N-dealkylation sites (tertiary alicyclic amines) is 1. The molecular formula is C45H67BN4O11. The highest BCUT2D eigenvalue weighted by molar-refractivity contribution is 6.48. The number of ether oxygens (including phenoxy) is 3. The Morgan fingerprint density at radius 3 is 2.21 bits per heavy atom. The lowest BCUT2D eigenvalue weighted by Gasteiger charge is -2.64. The van der Waals surface area contributed by atoms with Crippen molar-refractivity contribution in [2.75, 3.05) is 46.4 Å². The van der Waals surface area contributed by atoms with Crippen LogP contribution in [-0.2, 0) is 44.4 Å². The zero-order valence-corrected chi connectivity index (χ0v) is 38.1. The predicted octanol–water partition coefficient (Wildman–Crippen LogP) is 5.07. The molecule has 1 N–H and O–H groups in total. The van der Waals surface area contributed by atoms with Gasteiger partial charge in [0.15, 0.2) is 5.78 Å². The van der Waals surface area contributed by atoms with Gasteiger partial charge in [0.05, 0.1) is 31.4 Å². The number of Topliss-reactive ketones (excluding diaryl/α,β-unsaturated/α-hetero) is 1. The summed E-state index contributed by atoms with van der Waals surface area (Å²) in [6.07, 6.45) is 2.81. The van der Waals surface area contributed by atoms with Gasteiger partial charge in [-0.2, -0.15) is 0 Å². The minimum Gasteiger partial charge on any atom is -0.496 e. The predicted molar refractivity (Wildman–Crippen MR) is 227 cm³/mol. The van der Waals surface area contributed by atoms with E-state index in [2.05, 4.69) is 26.1 Å². The number of ketones is 1. The summed E-state index contributed by atoms with van der Waals surface area (Å²) in [6.45, 7) is 20.8. The molecule has 7 rings (SSSR count). The number of methoxy groups -OCH3 is 1. The summed E-state index contributed by atoms with van der Waals surface area (Å²) in [4.78, 5) is 85.4. The molecule has 3 saturated heterocycles. The minimum absolute atomic E-state index is 0.00185. The largest absolute Gasteiger partial charge is 0.496 e. The van der Waals surface area contributed by atoms with Crippen molar-refractivity contribution < 1.29 is 52.3 Å². The number of likely N-dealkylation sites (N-methyl/N-ethyl adjacent to an activating group) is 1. The SMILES string of the molecule is CCN1CCN(C(=O)NC(C(=O)C[C@@H](Cc2cccc(C(=O)OC(C)(C)C)c2OC)B2O[C@@H]3C[C@@H]4C[C@@H](C4(C)C)[C@]3(C)O2)C2CCN(CC(=O)OC(C)(C)C)CC2)C(=O)C1=O. The van der Waals surface area contributed by atoms with Crippen LogP contribution in [0.25, 0.3) is 0 Å². The van der Waals surface area contributed by atoms with Gasteiger partial charge in [-0.3, -0.25) is 29.0 Å². The Balaban J connectivity index is 1.30. The molecule has 3 heterocycles. The van der Waals surface area contributed by atoms with Gasteiger partial charge in [-0.15, -0.1) is 0 Å². The van der Waals surface area contributed by atoms with E-state index in [1.54, 1.807) is 39.8 Å². The van der Waals surface area contributed by atoms with Crippen molar-refractivity contribution in [3.05, 3.63) is 29.3 Å². The summed E-state index contributed by atoms with van der Waals surface area (Å²) in [6, 6.07) is 3.42. The number of carbonyl (C=O) groups is 6. The number of nitrogens with zero attached hydrogens (tertiary/aromatic N) is 3. The molecule has 0 radical (unpaired) electrons. The van der Waals surface area contributed by atoms with Crippen LogP contribution in [0.3, 0.4) is 0 Å². The lowest BCUT2D eigenvalue weighted by molar-refractivity contribution is -0.199. The van der Waals surface area contributed by atoms with Crippen LogP contribution in [0.4, 0.5) is 4.79 Å². The number of piperazine rings is 1. The highest BCUT2D eigenvalue weighted by Gasteiger charge is 2.68. The second-order valence-electron chi connectivity index (χ2n) is 20.4. The molecule has 3 aliphatic heterocycles. The van der Waals surface area contributed by atoms with E-state index < -0.39 is 59.6 Å². The summed E-state index contributed by atoms with van der Waals surface area (Å²) in [7, 11) is 0.699. The van der Waals surface area contributed by atoms with Crippen molar-refractivity contribution in [3.8, 4) is 5.75 Å². The average molecular weight is 851 g/mol. The van der Waals surface area contributed by atoms with Gasteiger partial charge in [0.1, 0.15) is 22.5 Å². The Kier molecular flexibility index (Phi) is 13.4. The second-order valence-corrected chi connectivity index (χ2v) is 20.4. The zero-order chi connectivity index (χ0) is 44.8. The van der Waals surface area contributed by atoms with Crippen LogP contribution in [0.2, 0.25) is 5.82 Å². The molecule has 1 aromatic carbocycles. The third kappa shape index (κ3) is 9.96. The average Bonchev–Trinajstić information content (AvgIpc) is 3.53. The topological polar surface area (TPSA) is 170 Å². The van der Waals surface area contributed by atoms with Crippen LogP contribution in [-0.4, -0.2) is 133 Å². The van der Waals surface area contributed by atoms with Crippen LogP contribution in [0.5, 0.6) is 5.75 Å². The number of esters is 2. The van der Waals surface area contributed by atoms with E-state index >= 15 is 4.79 Å². The molecule has 15 nitrogen and oxygen atoms in total. The van der Waals surface area contributed by atoms with Crippen molar-refractivity contribution in [1.82, 2.24) is 20.0 Å². The smallest absolute Gasteiger partial charge is 0.461 e. The Morgan fingerprint density at radius 1 is 0.934 bits per heavy atom. The van der Waals surface area contributed by atoms with Crippen molar-refractivity contribution >= 4 is 42.7 Å². The Morgan fingerprint density at radius 2 is 1.61 bits per heavy atom. The summed E-state index contributed by atoms with van der Waals surface area (Å²) < 4.78 is 30.9. The molecule has 3 aliphatic carbocycles. The van der Waals surface area contributed by atoms with Gasteiger partial charge in [0.2, 0.25) is 0 Å². The number of para-hydroxylation sites is 1. The molecule has 2 bridgehead atoms. The van der Waals surface area contributed by atoms with E-state index in [1.807, 2.05) is 31.7 Å². The Hall–Kier alpha value is -4.02. The number of amides is 4. The molecule has 1 aromatic rings. The molecule has 0 aromatic heterocycles. The van der Waals surface area contributed by atoms with Gasteiger partial charge in [-0.05, 0) is 135 Å². The summed E-state index contributed by atoms with van der Waals surface area (Å²) >= 11 is 0. The minimum atomic E-state index is -1.04. The van der Waals surface area contributed by atoms with Gasteiger partial charge >= 0.3 is 36.9 Å². The summed E-state index contributed by atoms with van der Waals surface area (Å²) in [5.41, 5.74) is -0.957. The molecule has 6 atom stereocenters. The lowest BCUT2D eigenvalue weighted by atomic mass is 9.43. The van der Waals surface area contributed by atoms with Crippen molar-refractivity contribution in [2.45, 2.75) is 143 Å². The van der Waals surface area contributed by atoms with Crippen LogP contribution >= 0.6 is 0 Å². The second kappa shape index (κ2) is 17.6. The first kappa shape index (κ1) is 46.5. The standard InChI is InChI=1S/C45H67BN4O11/c1-12-49-20-21-50(39(54)38(49)53)41(56)47-36(27-16-18-48(19-17-27)26-35(52)58-42(2,3)4)32(51)25-30(46-60-34-24-29-23-33(44(29,8)9)45(34,10)61-46)22-28-14-13-15-31(37(28)57-11)40(55)59-43(5,6)7/h13-15,27,29-30,33-34,36H,12,16-26H2,1-11H3,(H,47,56)/t29-,30+,33-,34+,36?,45-/m0/s1. The number of hydrogen-bond acceptors (Lipinski definition) is 12. The van der Waals surface area contributed by atoms with E-state index in [9.17, 15) is 24.0 Å². The molecule has 6 fully saturated rings. The van der Waals surface area contributed by atoms with Crippen molar-refractivity contribution in [2.24, 2.45) is 23.2 Å². The number of piperidine rings is 1. The number of imide groups is 1. The Bertz CT molecular complexity index is 1870. The molecule has 336 valence electrons. The highest BCUT2D eigenvalue weighted by Crippen LogP contribution is 2.66. The monoisotopic (exact) mass is 850 g/mol. The van der Waals surface area contributed by atoms with Gasteiger partial charge in [0, 0.05) is 31.9 Å². The number of rotatable bonds is 13. The maximum atomic E-state index is 15.0. The first-order chi connectivity index (χ1) is 28.4. The summed E-state index contributed by atoms with van der Waals surface area (Å²) in [5.74, 6) is -2.72. The quantitative estimate of drug-likeness (QED) is 0.159. The van der Waals surface area contributed by atoms with E-state index in [4.69, 9.17) is 23.5 Å². The molecule has 4 amide bonds. The fraction of sp³-hybridized carbons (Fsp3) is 0.733. The molecule has 61 heavy (non-hydrogen) atoms. The molecule has 1 unspecified atom stereocenters. The fourth-order valence-electron chi connectivity index (χ4n) is 10.4. The van der Waals surface area contributed by atoms with Gasteiger partial charge < -0.3 is 33.7 Å². The number of carbonyl (C=O) groups excluding carboxylic acids is 6. The maximum absolute atomic E-state index is 15.0. The first-order valence-corrected chi connectivity index (χ1v) is 22.1. The fourth-order valence-corrected chi connectivity index (χ4v) is 10.4.